The van der Waals surface area contributed by atoms with Gasteiger partial charge in [-0.05, 0) is 49.8 Å². The molecule has 0 radical (unpaired) electrons. The molecule has 0 saturated carbocycles. The molecule has 5 N–H and O–H groups in total. The Kier molecular flexibility index (Phi) is 18.2. The van der Waals surface area contributed by atoms with Crippen LogP contribution in [0.25, 0.3) is 0 Å². The predicted molar refractivity (Wildman–Crippen MR) is 154 cm³/mol. The highest BCUT2D eigenvalue weighted by atomic mass is 16.5. The number of hydrogen-bond donors (Lipinski definition) is 4. The van der Waals surface area contributed by atoms with Gasteiger partial charge in [-0.25, -0.2) is 4.79 Å². The summed E-state index contributed by atoms with van der Waals surface area (Å²) in [5.74, 6) is -1.62. The molecular weight excluding hydrogens is 516 g/mol. The molecule has 226 valence electrons. The fourth-order valence-corrected chi connectivity index (χ4v) is 3.94. The van der Waals surface area contributed by atoms with Gasteiger partial charge in [0.25, 0.3) is 0 Å². The van der Waals surface area contributed by atoms with Crippen LogP contribution in [-0.4, -0.2) is 75.9 Å². The van der Waals surface area contributed by atoms with E-state index in [1.807, 2.05) is 52.0 Å². The maximum atomic E-state index is 13.3. The Bertz CT molecular complexity index is 893. The third kappa shape index (κ3) is 15.5. The fourth-order valence-electron chi connectivity index (χ4n) is 3.94. The largest absolute Gasteiger partial charge is 0.379 e. The number of ether oxygens (including phenoxy) is 3. The van der Waals surface area contributed by atoms with Crippen molar-refractivity contribution in [1.82, 2.24) is 10.6 Å². The molecule has 1 rings (SSSR count). The van der Waals surface area contributed by atoms with Gasteiger partial charge in [-0.2, -0.15) is 0 Å². The van der Waals surface area contributed by atoms with Gasteiger partial charge in [0.2, 0.25) is 11.8 Å². The van der Waals surface area contributed by atoms with Gasteiger partial charge in [-0.1, -0.05) is 32.9 Å². The highest BCUT2D eigenvalue weighted by Crippen LogP contribution is 2.19. The molecule has 0 fully saturated rings. The van der Waals surface area contributed by atoms with Crippen LogP contribution in [0, 0.1) is 11.8 Å². The molecule has 0 aliphatic heterocycles. The zero-order chi connectivity index (χ0) is 29.8. The number of anilines is 1. The minimum absolute atomic E-state index is 0.0475. The van der Waals surface area contributed by atoms with Crippen molar-refractivity contribution in [3.63, 3.8) is 0 Å². The van der Waals surface area contributed by atoms with Gasteiger partial charge in [0.1, 0.15) is 0 Å². The quantitative estimate of drug-likeness (QED) is 0.158. The second-order valence-corrected chi connectivity index (χ2v) is 9.80. The van der Waals surface area contributed by atoms with Crippen LogP contribution < -0.4 is 21.7 Å². The van der Waals surface area contributed by atoms with Gasteiger partial charge in [-0.15, -0.1) is 0 Å². The summed E-state index contributed by atoms with van der Waals surface area (Å²) >= 11 is 0. The van der Waals surface area contributed by atoms with Crippen LogP contribution in [-0.2, 0) is 35.0 Å². The van der Waals surface area contributed by atoms with Crippen LogP contribution >= 0.6 is 0 Å². The summed E-state index contributed by atoms with van der Waals surface area (Å²) in [6.07, 6.45) is 1.77. The number of amides is 4. The number of nitrogens with one attached hydrogen (secondary N) is 3. The van der Waals surface area contributed by atoms with Crippen molar-refractivity contribution in [1.29, 1.82) is 0 Å². The Labute approximate surface area is 238 Å². The summed E-state index contributed by atoms with van der Waals surface area (Å²) in [7, 11) is 0. The van der Waals surface area contributed by atoms with E-state index in [2.05, 4.69) is 16.0 Å². The van der Waals surface area contributed by atoms with E-state index >= 15 is 0 Å². The van der Waals surface area contributed by atoms with Crippen molar-refractivity contribution in [2.75, 3.05) is 51.5 Å². The average molecular weight is 565 g/mol. The smallest absolute Gasteiger partial charge is 0.312 e. The van der Waals surface area contributed by atoms with E-state index in [0.717, 1.165) is 12.0 Å². The molecular formula is C29H48N4O7. The van der Waals surface area contributed by atoms with Crippen LogP contribution in [0.3, 0.4) is 0 Å². The second-order valence-electron chi connectivity index (χ2n) is 9.80. The minimum Gasteiger partial charge on any atom is -0.379 e. The molecule has 40 heavy (non-hydrogen) atoms. The van der Waals surface area contributed by atoms with Gasteiger partial charge in [0.15, 0.2) is 5.78 Å². The molecule has 0 spiro atoms. The zero-order valence-electron chi connectivity index (χ0n) is 24.5. The Hall–Kier alpha value is -3.02. The predicted octanol–water partition coefficient (Wildman–Crippen LogP) is 2.81. The molecule has 0 unspecified atom stereocenters. The number of urea groups is 1. The molecule has 11 heteroatoms. The van der Waals surface area contributed by atoms with E-state index in [-0.39, 0.29) is 43.0 Å². The van der Waals surface area contributed by atoms with Crippen molar-refractivity contribution in [3.8, 4) is 0 Å². The topological polar surface area (TPSA) is 158 Å². The molecule has 0 bridgehead atoms. The number of carbonyl (C=O) groups is 4. The summed E-state index contributed by atoms with van der Waals surface area (Å²) in [6.45, 7) is 10.6. The average Bonchev–Trinajstić information content (AvgIpc) is 2.92. The summed E-state index contributed by atoms with van der Waals surface area (Å²) in [6, 6.07) is 6.16. The maximum Gasteiger partial charge on any atom is 0.312 e. The van der Waals surface area contributed by atoms with Crippen LogP contribution in [0.5, 0.6) is 0 Å². The lowest BCUT2D eigenvalue weighted by atomic mass is 9.89. The highest BCUT2D eigenvalue weighted by molar-refractivity contribution is 5.97. The van der Waals surface area contributed by atoms with Crippen LogP contribution in [0.4, 0.5) is 10.5 Å². The number of aryl methyl sites for hydroxylation is 1. The number of rotatable bonds is 22. The van der Waals surface area contributed by atoms with Crippen molar-refractivity contribution in [3.05, 3.63) is 29.8 Å². The number of hydrogen-bond acceptors (Lipinski definition) is 7. The molecule has 1 aromatic carbocycles. The van der Waals surface area contributed by atoms with E-state index in [4.69, 9.17) is 19.9 Å². The number of Topliss-reactive ketones (excluding diaryl/α,β-unsaturated/α-hetero) is 1. The van der Waals surface area contributed by atoms with Crippen molar-refractivity contribution in [2.24, 2.45) is 17.6 Å². The van der Waals surface area contributed by atoms with Crippen LogP contribution in [0.1, 0.15) is 58.9 Å². The van der Waals surface area contributed by atoms with Gasteiger partial charge in [0, 0.05) is 37.6 Å². The van der Waals surface area contributed by atoms with Gasteiger partial charge in [0.05, 0.1) is 39.1 Å². The molecule has 1 aromatic rings. The molecule has 11 nitrogen and oxygen atoms in total. The first-order valence-electron chi connectivity index (χ1n) is 14.2. The minimum atomic E-state index is -0.739. The molecule has 0 aromatic heterocycles. The molecule has 0 saturated heterocycles. The molecule has 0 aliphatic carbocycles. The number of benzene rings is 1. The number of carbonyl (C=O) groups excluding carboxylic acids is 4. The first-order valence-corrected chi connectivity index (χ1v) is 14.2. The van der Waals surface area contributed by atoms with Gasteiger partial charge >= 0.3 is 6.03 Å². The number of ketones is 1. The standard InChI is InChI=1S/C29H48N4O7/c1-5-22-9-11-24(12-10-22)32-28(36)23(8-7-14-31-29(30)37)20-25(34)27(21(3)4)33-26(35)13-15-39-18-19-40-17-16-38-6-2/h9-12,21,23,27H,5-8,13-20H2,1-4H3,(H,32,36)(H,33,35)(H3,30,31,37)/t23-,27+/m1/s1. The third-order valence-corrected chi connectivity index (χ3v) is 6.23. The summed E-state index contributed by atoms with van der Waals surface area (Å²) in [4.78, 5) is 50.0. The second kappa shape index (κ2) is 20.8. The lowest BCUT2D eigenvalue weighted by Crippen LogP contribution is -2.45. The number of primary amides is 1. The highest BCUT2D eigenvalue weighted by Gasteiger charge is 2.29. The Morgan fingerprint density at radius 1 is 0.900 bits per heavy atom. The summed E-state index contributed by atoms with van der Waals surface area (Å²) in [5.41, 5.74) is 6.92. The molecule has 4 amide bonds. The number of nitrogens with two attached hydrogens (primary N) is 1. The van der Waals surface area contributed by atoms with E-state index in [0.29, 0.717) is 58.1 Å². The van der Waals surface area contributed by atoms with Crippen LogP contribution in [0.15, 0.2) is 24.3 Å². The third-order valence-electron chi connectivity index (χ3n) is 6.23. The normalized spacial score (nSPS) is 12.5. The van der Waals surface area contributed by atoms with Crippen molar-refractivity contribution in [2.45, 2.75) is 65.8 Å². The SMILES string of the molecule is CCOCCOCCOCCC(=O)N[C@H](C(=O)C[C@@H](CCCNC(N)=O)C(=O)Nc1ccc(CC)cc1)C(C)C. The van der Waals surface area contributed by atoms with Gasteiger partial charge < -0.3 is 35.9 Å². The maximum absolute atomic E-state index is 13.3. The van der Waals surface area contributed by atoms with E-state index < -0.39 is 18.0 Å². The Morgan fingerprint density at radius 3 is 2.10 bits per heavy atom. The molecule has 2 atom stereocenters. The zero-order valence-corrected chi connectivity index (χ0v) is 24.5. The van der Waals surface area contributed by atoms with Crippen molar-refractivity contribution < 1.29 is 33.4 Å². The lowest BCUT2D eigenvalue weighted by Gasteiger charge is -2.24. The van der Waals surface area contributed by atoms with Gasteiger partial charge in [-0.3, -0.25) is 14.4 Å². The summed E-state index contributed by atoms with van der Waals surface area (Å²) < 4.78 is 16.0. The Morgan fingerprint density at radius 2 is 1.52 bits per heavy atom. The molecule has 0 heterocycles. The first kappa shape index (κ1) is 35.0. The van der Waals surface area contributed by atoms with Crippen molar-refractivity contribution >= 4 is 29.3 Å². The fraction of sp³-hybridized carbons (Fsp3) is 0.655. The first-order chi connectivity index (χ1) is 19.2. The summed E-state index contributed by atoms with van der Waals surface area (Å²) in [5, 5.41) is 8.21. The Balaban J connectivity index is 2.66. The molecule has 0 aliphatic rings. The van der Waals surface area contributed by atoms with E-state index in [1.54, 1.807) is 0 Å². The van der Waals surface area contributed by atoms with E-state index in [1.165, 1.54) is 0 Å². The van der Waals surface area contributed by atoms with E-state index in [9.17, 15) is 19.2 Å². The monoisotopic (exact) mass is 564 g/mol. The van der Waals surface area contributed by atoms with Crippen LogP contribution in [0.2, 0.25) is 0 Å². The lowest BCUT2D eigenvalue weighted by molar-refractivity contribution is -0.131.